The number of amidine groups is 1. The lowest BCUT2D eigenvalue weighted by molar-refractivity contribution is -0.123. The zero-order valence-corrected chi connectivity index (χ0v) is 13.7. The molecule has 0 unspecified atom stereocenters. The Morgan fingerprint density at radius 3 is 2.45 bits per heavy atom. The number of aliphatic imine (C=N–C) groups is 1. The monoisotopic (exact) mass is 354 g/mol. The predicted octanol–water partition coefficient (Wildman–Crippen LogP) is 4.25. The summed E-state index contributed by atoms with van der Waals surface area (Å²) in [6.45, 7) is 2.41. The molecule has 22 heavy (non-hydrogen) atoms. The Morgan fingerprint density at radius 1 is 1.09 bits per heavy atom. The normalized spacial score (nSPS) is 16.3. The number of benzene rings is 2. The van der Waals surface area contributed by atoms with Crippen molar-refractivity contribution in [2.75, 3.05) is 0 Å². The first-order valence-electron chi connectivity index (χ1n) is 7.02. The van der Waals surface area contributed by atoms with Gasteiger partial charge in [-0.25, -0.2) is 4.99 Å². The van der Waals surface area contributed by atoms with Gasteiger partial charge in [0.2, 0.25) is 0 Å². The minimum absolute atomic E-state index is 0.0516. The second-order valence-corrected chi connectivity index (χ2v) is 6.03. The zero-order chi connectivity index (χ0) is 15.5. The van der Waals surface area contributed by atoms with E-state index in [0.29, 0.717) is 12.2 Å². The Balaban J connectivity index is 1.82. The van der Waals surface area contributed by atoms with Crippen LogP contribution >= 0.6 is 15.9 Å². The SMILES string of the molecule is CC1=N/C(=C/c2ccc(Br)cc2)C(=O)N1Cc1ccccc1. The van der Waals surface area contributed by atoms with Crippen molar-refractivity contribution in [3.63, 3.8) is 0 Å². The molecular formula is C18H15BrN2O. The number of rotatable bonds is 3. The Labute approximate surface area is 138 Å². The Hall–Kier alpha value is -2.20. The van der Waals surface area contributed by atoms with Gasteiger partial charge in [0.05, 0.1) is 6.54 Å². The van der Waals surface area contributed by atoms with Gasteiger partial charge >= 0.3 is 0 Å². The van der Waals surface area contributed by atoms with Crippen LogP contribution in [0, 0.1) is 0 Å². The van der Waals surface area contributed by atoms with Gasteiger partial charge in [0, 0.05) is 4.47 Å². The molecule has 3 rings (SSSR count). The van der Waals surface area contributed by atoms with Gasteiger partial charge in [-0.3, -0.25) is 9.69 Å². The van der Waals surface area contributed by atoms with Crippen LogP contribution in [0.25, 0.3) is 6.08 Å². The van der Waals surface area contributed by atoms with Crippen molar-refractivity contribution < 1.29 is 4.79 Å². The first-order valence-corrected chi connectivity index (χ1v) is 7.81. The third-order valence-corrected chi connectivity index (χ3v) is 4.02. The maximum absolute atomic E-state index is 12.5. The summed E-state index contributed by atoms with van der Waals surface area (Å²) in [5.74, 6) is 0.682. The van der Waals surface area contributed by atoms with Crippen molar-refractivity contribution >= 4 is 33.7 Å². The number of halogens is 1. The molecule has 1 aliphatic heterocycles. The third kappa shape index (κ3) is 3.17. The fourth-order valence-corrected chi connectivity index (χ4v) is 2.60. The molecule has 0 aromatic heterocycles. The molecule has 110 valence electrons. The van der Waals surface area contributed by atoms with Crippen LogP contribution in [0.1, 0.15) is 18.1 Å². The smallest absolute Gasteiger partial charge is 0.278 e. The summed E-state index contributed by atoms with van der Waals surface area (Å²) in [4.78, 5) is 18.6. The van der Waals surface area contributed by atoms with Crippen molar-refractivity contribution in [3.05, 3.63) is 75.9 Å². The summed E-state index contributed by atoms with van der Waals surface area (Å²) in [6.07, 6.45) is 1.82. The van der Waals surface area contributed by atoms with Gasteiger partial charge in [-0.05, 0) is 36.3 Å². The van der Waals surface area contributed by atoms with Crippen LogP contribution < -0.4 is 0 Å². The van der Waals surface area contributed by atoms with E-state index in [9.17, 15) is 4.79 Å². The maximum atomic E-state index is 12.5. The average Bonchev–Trinajstić information content (AvgIpc) is 2.78. The average molecular weight is 355 g/mol. The molecule has 0 radical (unpaired) electrons. The molecular weight excluding hydrogens is 340 g/mol. The van der Waals surface area contributed by atoms with E-state index in [2.05, 4.69) is 20.9 Å². The van der Waals surface area contributed by atoms with E-state index >= 15 is 0 Å². The molecule has 0 spiro atoms. The summed E-state index contributed by atoms with van der Waals surface area (Å²) in [7, 11) is 0. The summed E-state index contributed by atoms with van der Waals surface area (Å²) >= 11 is 3.40. The number of carbonyl (C=O) groups excluding carboxylic acids is 1. The van der Waals surface area contributed by atoms with Crippen LogP contribution in [0.4, 0.5) is 0 Å². The lowest BCUT2D eigenvalue weighted by Crippen LogP contribution is -2.29. The highest BCUT2D eigenvalue weighted by atomic mass is 79.9. The summed E-state index contributed by atoms with van der Waals surface area (Å²) in [5.41, 5.74) is 2.54. The lowest BCUT2D eigenvalue weighted by atomic mass is 10.2. The summed E-state index contributed by atoms with van der Waals surface area (Å²) in [5, 5.41) is 0. The van der Waals surface area contributed by atoms with Crippen molar-refractivity contribution in [1.29, 1.82) is 0 Å². The fraction of sp³-hybridized carbons (Fsp3) is 0.111. The van der Waals surface area contributed by atoms with Gasteiger partial charge in [0.25, 0.3) is 5.91 Å². The summed E-state index contributed by atoms with van der Waals surface area (Å²) < 4.78 is 1.01. The molecule has 2 aromatic rings. The van der Waals surface area contributed by atoms with E-state index < -0.39 is 0 Å². The molecule has 3 nitrogen and oxygen atoms in total. The van der Waals surface area contributed by atoms with E-state index in [4.69, 9.17) is 0 Å². The van der Waals surface area contributed by atoms with Crippen molar-refractivity contribution in [2.24, 2.45) is 4.99 Å². The largest absolute Gasteiger partial charge is 0.291 e. The molecule has 0 saturated carbocycles. The van der Waals surface area contributed by atoms with Crippen molar-refractivity contribution in [3.8, 4) is 0 Å². The highest BCUT2D eigenvalue weighted by Gasteiger charge is 2.27. The van der Waals surface area contributed by atoms with E-state index in [1.165, 1.54) is 0 Å². The first-order chi connectivity index (χ1) is 10.6. The molecule has 2 aromatic carbocycles. The minimum Gasteiger partial charge on any atom is -0.291 e. The Kier molecular flexibility index (Phi) is 4.20. The van der Waals surface area contributed by atoms with E-state index in [0.717, 1.165) is 21.4 Å². The second-order valence-electron chi connectivity index (χ2n) is 5.12. The van der Waals surface area contributed by atoms with Crippen LogP contribution in [0.5, 0.6) is 0 Å². The zero-order valence-electron chi connectivity index (χ0n) is 12.2. The molecule has 0 fully saturated rings. The van der Waals surface area contributed by atoms with Crippen LogP contribution in [0.3, 0.4) is 0 Å². The number of hydrogen-bond donors (Lipinski definition) is 0. The molecule has 0 N–H and O–H groups in total. The quantitative estimate of drug-likeness (QED) is 0.758. The van der Waals surface area contributed by atoms with Gasteiger partial charge in [-0.1, -0.05) is 58.4 Å². The predicted molar refractivity (Wildman–Crippen MR) is 92.2 cm³/mol. The van der Waals surface area contributed by atoms with E-state index in [-0.39, 0.29) is 5.91 Å². The van der Waals surface area contributed by atoms with Gasteiger partial charge in [0.15, 0.2) is 0 Å². The highest BCUT2D eigenvalue weighted by molar-refractivity contribution is 9.10. The van der Waals surface area contributed by atoms with Crippen LogP contribution in [0.15, 0.2) is 69.8 Å². The highest BCUT2D eigenvalue weighted by Crippen LogP contribution is 2.21. The maximum Gasteiger partial charge on any atom is 0.278 e. The standard InChI is InChI=1S/C18H15BrN2O/c1-13-20-17(11-14-7-9-16(19)10-8-14)18(22)21(13)12-15-5-3-2-4-6-15/h2-11H,12H2,1H3/b17-11+. The first kappa shape index (κ1) is 14.7. The van der Waals surface area contributed by atoms with Crippen LogP contribution in [-0.4, -0.2) is 16.6 Å². The number of nitrogens with zero attached hydrogens (tertiary/aromatic N) is 2. The Morgan fingerprint density at radius 2 is 1.77 bits per heavy atom. The van der Waals surface area contributed by atoms with Gasteiger partial charge in [-0.15, -0.1) is 0 Å². The molecule has 1 heterocycles. The summed E-state index contributed by atoms with van der Waals surface area (Å²) in [6, 6.07) is 17.7. The minimum atomic E-state index is -0.0516. The van der Waals surface area contributed by atoms with Crippen molar-refractivity contribution in [2.45, 2.75) is 13.5 Å². The van der Waals surface area contributed by atoms with Crippen LogP contribution in [-0.2, 0) is 11.3 Å². The number of amides is 1. The number of hydrogen-bond acceptors (Lipinski definition) is 2. The van der Waals surface area contributed by atoms with E-state index in [1.54, 1.807) is 4.90 Å². The van der Waals surface area contributed by atoms with Gasteiger partial charge in [-0.2, -0.15) is 0 Å². The van der Waals surface area contributed by atoms with E-state index in [1.807, 2.05) is 67.6 Å². The molecule has 0 saturated heterocycles. The number of carbonyl (C=O) groups is 1. The molecule has 0 aliphatic carbocycles. The topological polar surface area (TPSA) is 32.7 Å². The lowest BCUT2D eigenvalue weighted by Gasteiger charge is -2.15. The molecule has 0 atom stereocenters. The molecule has 1 aliphatic rings. The fourth-order valence-electron chi connectivity index (χ4n) is 2.33. The molecule has 0 bridgehead atoms. The third-order valence-electron chi connectivity index (χ3n) is 3.49. The second kappa shape index (κ2) is 6.28. The molecule has 4 heteroatoms. The van der Waals surface area contributed by atoms with Gasteiger partial charge in [0.1, 0.15) is 11.5 Å². The Bertz CT molecular complexity index is 748. The van der Waals surface area contributed by atoms with Crippen molar-refractivity contribution in [1.82, 2.24) is 4.90 Å². The van der Waals surface area contributed by atoms with Gasteiger partial charge < -0.3 is 0 Å². The van der Waals surface area contributed by atoms with Crippen LogP contribution in [0.2, 0.25) is 0 Å². The molecule has 1 amide bonds.